The number of aromatic nitrogens is 2. The highest BCUT2D eigenvalue weighted by atomic mass is 35.5. The summed E-state index contributed by atoms with van der Waals surface area (Å²) in [6.45, 7) is 2.47. The van der Waals surface area contributed by atoms with Crippen molar-refractivity contribution in [1.29, 1.82) is 0 Å². The third-order valence-electron chi connectivity index (χ3n) is 4.95. The topological polar surface area (TPSA) is 67.7 Å². The maximum atomic E-state index is 12.9. The van der Waals surface area contributed by atoms with Gasteiger partial charge in [0.15, 0.2) is 0 Å². The summed E-state index contributed by atoms with van der Waals surface area (Å²) in [5.41, 5.74) is 2.15. The largest absolute Gasteiger partial charge is 0.495 e. The van der Waals surface area contributed by atoms with Crippen molar-refractivity contribution in [3.63, 3.8) is 0 Å². The van der Waals surface area contributed by atoms with Crippen molar-refractivity contribution < 1.29 is 14.3 Å². The Morgan fingerprint density at radius 2 is 2.11 bits per heavy atom. The van der Waals surface area contributed by atoms with Gasteiger partial charge in [0.2, 0.25) is 11.8 Å². The van der Waals surface area contributed by atoms with Crippen LogP contribution in [-0.2, 0) is 23.2 Å². The first-order valence-corrected chi connectivity index (χ1v) is 9.55. The van der Waals surface area contributed by atoms with E-state index < -0.39 is 5.92 Å². The molecule has 2 heterocycles. The van der Waals surface area contributed by atoms with Crippen LogP contribution >= 0.6 is 23.2 Å². The summed E-state index contributed by atoms with van der Waals surface area (Å²) in [7, 11) is 4.99. The molecule has 1 aromatic carbocycles. The van der Waals surface area contributed by atoms with Gasteiger partial charge in [-0.25, -0.2) is 0 Å². The molecule has 1 aromatic heterocycles. The average Bonchev–Trinajstić information content (AvgIpc) is 3.15. The molecule has 1 fully saturated rings. The van der Waals surface area contributed by atoms with Gasteiger partial charge in [0.1, 0.15) is 10.9 Å². The zero-order chi connectivity index (χ0) is 20.6. The van der Waals surface area contributed by atoms with Crippen LogP contribution in [0.4, 0.5) is 5.69 Å². The second-order valence-corrected chi connectivity index (χ2v) is 7.69. The molecule has 150 valence electrons. The van der Waals surface area contributed by atoms with Crippen molar-refractivity contribution in [2.75, 3.05) is 25.6 Å². The molecule has 0 bridgehead atoms. The highest BCUT2D eigenvalue weighted by Crippen LogP contribution is 2.35. The molecule has 0 saturated carbocycles. The number of benzene rings is 1. The highest BCUT2D eigenvalue weighted by molar-refractivity contribution is 6.31. The third-order valence-corrected chi connectivity index (χ3v) is 5.66. The van der Waals surface area contributed by atoms with Crippen LogP contribution in [0.25, 0.3) is 0 Å². The lowest BCUT2D eigenvalue weighted by molar-refractivity contribution is -0.135. The molecule has 28 heavy (non-hydrogen) atoms. The molecule has 1 aliphatic heterocycles. The quantitative estimate of drug-likeness (QED) is 0.739. The van der Waals surface area contributed by atoms with Crippen LogP contribution in [0.5, 0.6) is 5.75 Å². The number of rotatable bonds is 5. The molecule has 1 saturated heterocycles. The standard InChI is InChI=1S/C19H22Cl2N4O3/c1-11-14(18(21)24(3)22-11)10-23(2)19(27)12-7-17(26)25(9-12)15-8-13(20)5-6-16(15)28-4/h5-6,8,12H,7,9-10H2,1-4H3/t12-/m1/s1. The van der Waals surface area contributed by atoms with E-state index in [1.807, 2.05) is 6.92 Å². The minimum atomic E-state index is -0.447. The fourth-order valence-electron chi connectivity index (χ4n) is 3.46. The summed E-state index contributed by atoms with van der Waals surface area (Å²) in [6, 6.07) is 5.08. The highest BCUT2D eigenvalue weighted by Gasteiger charge is 2.37. The summed E-state index contributed by atoms with van der Waals surface area (Å²) in [4.78, 5) is 28.7. The molecule has 2 amide bonds. The number of carbonyl (C=O) groups excluding carboxylic acids is 2. The minimum absolute atomic E-state index is 0.115. The van der Waals surface area contributed by atoms with Crippen LogP contribution in [-0.4, -0.2) is 47.2 Å². The summed E-state index contributed by atoms with van der Waals surface area (Å²) >= 11 is 12.4. The van der Waals surface area contributed by atoms with Crippen molar-refractivity contribution in [2.45, 2.75) is 19.9 Å². The summed E-state index contributed by atoms with van der Waals surface area (Å²) < 4.78 is 6.92. The van der Waals surface area contributed by atoms with Gasteiger partial charge in [-0.3, -0.25) is 14.3 Å². The van der Waals surface area contributed by atoms with E-state index in [2.05, 4.69) is 5.10 Å². The number of amides is 2. The molecule has 1 aliphatic rings. The van der Waals surface area contributed by atoms with Crippen molar-refractivity contribution >= 4 is 40.7 Å². The van der Waals surface area contributed by atoms with Gasteiger partial charge < -0.3 is 14.5 Å². The van der Waals surface area contributed by atoms with Gasteiger partial charge >= 0.3 is 0 Å². The van der Waals surface area contributed by atoms with E-state index in [0.717, 1.165) is 11.3 Å². The average molecular weight is 425 g/mol. The van der Waals surface area contributed by atoms with Crippen LogP contribution in [0.1, 0.15) is 17.7 Å². The number of hydrogen-bond acceptors (Lipinski definition) is 4. The van der Waals surface area contributed by atoms with Gasteiger partial charge in [-0.2, -0.15) is 5.10 Å². The van der Waals surface area contributed by atoms with Crippen molar-refractivity contribution in [3.05, 3.63) is 39.6 Å². The number of hydrogen-bond donors (Lipinski definition) is 0. The van der Waals surface area contributed by atoms with Gasteiger partial charge in [0.25, 0.3) is 0 Å². The van der Waals surface area contributed by atoms with Crippen molar-refractivity contribution in [1.82, 2.24) is 14.7 Å². The van der Waals surface area contributed by atoms with Crippen LogP contribution in [0.3, 0.4) is 0 Å². The fraction of sp³-hybridized carbons (Fsp3) is 0.421. The first kappa shape index (κ1) is 20.5. The second-order valence-electron chi connectivity index (χ2n) is 6.89. The van der Waals surface area contributed by atoms with Gasteiger partial charge in [0.05, 0.1) is 31.0 Å². The lowest BCUT2D eigenvalue weighted by Crippen LogP contribution is -2.34. The Morgan fingerprint density at radius 3 is 2.71 bits per heavy atom. The number of ether oxygens (including phenoxy) is 1. The number of nitrogens with zero attached hydrogens (tertiary/aromatic N) is 4. The molecule has 0 N–H and O–H groups in total. The Kier molecular flexibility index (Phi) is 5.86. The molecule has 0 spiro atoms. The van der Waals surface area contributed by atoms with Crippen molar-refractivity contribution in [3.8, 4) is 5.75 Å². The molecular formula is C19H22Cl2N4O3. The van der Waals surface area contributed by atoms with Gasteiger partial charge in [-0.05, 0) is 25.1 Å². The number of carbonyl (C=O) groups is 2. The number of halogens is 2. The first-order valence-electron chi connectivity index (χ1n) is 8.79. The number of methoxy groups -OCH3 is 1. The molecule has 1 atom stereocenters. The van der Waals surface area contributed by atoms with E-state index in [-0.39, 0.29) is 24.8 Å². The lowest BCUT2D eigenvalue weighted by Gasteiger charge is -2.22. The van der Waals surface area contributed by atoms with E-state index in [0.29, 0.717) is 28.2 Å². The maximum absolute atomic E-state index is 12.9. The van der Waals surface area contributed by atoms with E-state index in [4.69, 9.17) is 27.9 Å². The summed E-state index contributed by atoms with van der Waals surface area (Å²) in [6.07, 6.45) is 0.137. The Bertz CT molecular complexity index is 928. The molecule has 0 aliphatic carbocycles. The Hall–Kier alpha value is -2.25. The second kappa shape index (κ2) is 8.01. The van der Waals surface area contributed by atoms with E-state index in [9.17, 15) is 9.59 Å². The van der Waals surface area contributed by atoms with Crippen molar-refractivity contribution in [2.24, 2.45) is 13.0 Å². The van der Waals surface area contributed by atoms with Crippen LogP contribution in [0, 0.1) is 12.8 Å². The van der Waals surface area contributed by atoms with Gasteiger partial charge in [-0.15, -0.1) is 0 Å². The normalized spacial score (nSPS) is 16.6. The predicted octanol–water partition coefficient (Wildman–Crippen LogP) is 3.06. The summed E-state index contributed by atoms with van der Waals surface area (Å²) in [5, 5.41) is 5.27. The van der Waals surface area contributed by atoms with E-state index in [1.54, 1.807) is 46.8 Å². The monoisotopic (exact) mass is 424 g/mol. The number of aryl methyl sites for hydroxylation is 2. The zero-order valence-corrected chi connectivity index (χ0v) is 17.7. The molecule has 7 nitrogen and oxygen atoms in total. The van der Waals surface area contributed by atoms with Gasteiger partial charge in [-0.1, -0.05) is 23.2 Å². The SMILES string of the molecule is COc1ccc(Cl)cc1N1C[C@H](C(=O)N(C)Cc2c(C)nn(C)c2Cl)CC1=O. The van der Waals surface area contributed by atoms with Crippen LogP contribution < -0.4 is 9.64 Å². The Morgan fingerprint density at radius 1 is 1.39 bits per heavy atom. The third kappa shape index (κ3) is 3.82. The predicted molar refractivity (Wildman–Crippen MR) is 108 cm³/mol. The number of anilines is 1. The summed E-state index contributed by atoms with van der Waals surface area (Å²) in [5.74, 6) is -0.159. The Labute approximate surface area is 173 Å². The van der Waals surface area contributed by atoms with E-state index in [1.165, 1.54) is 7.11 Å². The first-order chi connectivity index (χ1) is 13.2. The fourth-order valence-corrected chi connectivity index (χ4v) is 3.86. The smallest absolute Gasteiger partial charge is 0.228 e. The molecule has 0 unspecified atom stereocenters. The van der Waals surface area contributed by atoms with Crippen LogP contribution in [0.2, 0.25) is 10.2 Å². The Balaban J connectivity index is 1.76. The lowest BCUT2D eigenvalue weighted by atomic mass is 10.1. The maximum Gasteiger partial charge on any atom is 0.228 e. The molecule has 3 rings (SSSR count). The molecule has 9 heteroatoms. The van der Waals surface area contributed by atoms with E-state index >= 15 is 0 Å². The molecule has 2 aromatic rings. The van der Waals surface area contributed by atoms with Gasteiger partial charge in [0, 0.05) is 37.6 Å². The zero-order valence-electron chi connectivity index (χ0n) is 16.2. The molecule has 0 radical (unpaired) electrons. The minimum Gasteiger partial charge on any atom is -0.495 e. The van der Waals surface area contributed by atoms with Crippen LogP contribution in [0.15, 0.2) is 18.2 Å². The molecular weight excluding hydrogens is 403 g/mol.